The highest BCUT2D eigenvalue weighted by atomic mass is 127. The summed E-state index contributed by atoms with van der Waals surface area (Å²) in [5, 5.41) is 0. The van der Waals surface area contributed by atoms with Gasteiger partial charge in [0.05, 0.1) is 0 Å². The summed E-state index contributed by atoms with van der Waals surface area (Å²) in [6.07, 6.45) is 5.29. The molecule has 0 aromatic rings. The van der Waals surface area contributed by atoms with E-state index in [4.69, 9.17) is 9.47 Å². The second-order valence-electron chi connectivity index (χ2n) is 4.94. The van der Waals surface area contributed by atoms with E-state index in [9.17, 15) is 9.59 Å². The normalized spacial score (nSPS) is 13.5. The average Bonchev–Trinajstić information content (AvgIpc) is 2.49. The molecule has 0 aliphatic rings. The molecular formula is C15H26I2O4. The first-order valence-electron chi connectivity index (χ1n) is 7.58. The molecule has 2 unspecified atom stereocenters. The van der Waals surface area contributed by atoms with E-state index in [2.05, 4.69) is 59.0 Å². The Morgan fingerprint density at radius 3 is 1.52 bits per heavy atom. The van der Waals surface area contributed by atoms with Gasteiger partial charge < -0.3 is 9.47 Å². The van der Waals surface area contributed by atoms with Crippen LogP contribution in [0.4, 0.5) is 0 Å². The number of hydrogen-bond acceptors (Lipinski definition) is 4. The minimum Gasteiger partial charge on any atom is -0.465 e. The quantitative estimate of drug-likeness (QED) is 0.164. The lowest BCUT2D eigenvalue weighted by Gasteiger charge is -2.09. The zero-order valence-corrected chi connectivity index (χ0v) is 17.2. The molecule has 0 radical (unpaired) electrons. The molecule has 0 aliphatic carbocycles. The third kappa shape index (κ3) is 13.8. The Labute approximate surface area is 155 Å². The Morgan fingerprint density at radius 2 is 1.19 bits per heavy atom. The Hall–Kier alpha value is 0.400. The Bertz CT molecular complexity index is 269. The average molecular weight is 524 g/mol. The monoisotopic (exact) mass is 524 g/mol. The van der Waals surface area contributed by atoms with Gasteiger partial charge in [-0.25, -0.2) is 0 Å². The van der Waals surface area contributed by atoms with Crippen molar-refractivity contribution in [2.75, 3.05) is 13.2 Å². The van der Waals surface area contributed by atoms with Gasteiger partial charge in [0.2, 0.25) is 0 Å². The van der Waals surface area contributed by atoms with E-state index in [1.54, 1.807) is 0 Å². The maximum atomic E-state index is 11.5. The third-order valence-electron chi connectivity index (χ3n) is 3.00. The lowest BCUT2D eigenvalue weighted by Crippen LogP contribution is -2.13. The van der Waals surface area contributed by atoms with Gasteiger partial charge in [-0.1, -0.05) is 65.5 Å². The Balaban J connectivity index is 3.46. The lowest BCUT2D eigenvalue weighted by atomic mass is 10.1. The highest BCUT2D eigenvalue weighted by Gasteiger charge is 2.09. The molecule has 0 fully saturated rings. The first-order valence-corrected chi connectivity index (χ1v) is 10.1. The highest BCUT2D eigenvalue weighted by Crippen LogP contribution is 2.10. The molecular weight excluding hydrogens is 498 g/mol. The van der Waals surface area contributed by atoms with E-state index in [1.165, 1.54) is 0 Å². The SMILES string of the molecule is CCC(I)COC(=O)CCCCCC(=O)OCC(I)CC. The van der Waals surface area contributed by atoms with E-state index in [-0.39, 0.29) is 11.9 Å². The largest absolute Gasteiger partial charge is 0.465 e. The van der Waals surface area contributed by atoms with E-state index in [0.717, 1.165) is 32.1 Å². The Kier molecular flexibility index (Phi) is 14.3. The number of carbonyl (C=O) groups excluding carboxylic acids is 2. The first kappa shape index (κ1) is 21.4. The number of halogens is 2. The van der Waals surface area contributed by atoms with Crippen LogP contribution in [0, 0.1) is 0 Å². The van der Waals surface area contributed by atoms with Crippen molar-refractivity contribution >= 4 is 57.1 Å². The second kappa shape index (κ2) is 14.0. The zero-order chi connectivity index (χ0) is 16.1. The van der Waals surface area contributed by atoms with Crippen LogP contribution in [0.1, 0.15) is 58.8 Å². The predicted octanol–water partition coefficient (Wildman–Crippen LogP) is 4.45. The molecule has 0 rings (SSSR count). The van der Waals surface area contributed by atoms with Gasteiger partial charge in [0.1, 0.15) is 13.2 Å². The van der Waals surface area contributed by atoms with E-state index >= 15 is 0 Å². The molecule has 0 aliphatic heterocycles. The Morgan fingerprint density at radius 1 is 0.810 bits per heavy atom. The fourth-order valence-electron chi connectivity index (χ4n) is 1.46. The van der Waals surface area contributed by atoms with Crippen LogP contribution < -0.4 is 0 Å². The summed E-state index contributed by atoms with van der Waals surface area (Å²) in [6, 6.07) is 0. The number of ether oxygens (including phenoxy) is 2. The minimum absolute atomic E-state index is 0.136. The molecule has 0 saturated heterocycles. The molecule has 0 aromatic carbocycles. The van der Waals surface area contributed by atoms with Crippen LogP contribution in [0.2, 0.25) is 0 Å². The maximum Gasteiger partial charge on any atom is 0.305 e. The van der Waals surface area contributed by atoms with Crippen molar-refractivity contribution in [1.29, 1.82) is 0 Å². The fraction of sp³-hybridized carbons (Fsp3) is 0.867. The summed E-state index contributed by atoms with van der Waals surface area (Å²) < 4.78 is 11.1. The highest BCUT2D eigenvalue weighted by molar-refractivity contribution is 14.1. The molecule has 2 atom stereocenters. The van der Waals surface area contributed by atoms with Crippen LogP contribution in [0.25, 0.3) is 0 Å². The van der Waals surface area contributed by atoms with Crippen molar-refractivity contribution in [1.82, 2.24) is 0 Å². The standard InChI is InChI=1S/C15H26I2O4/c1-3-12(16)10-20-14(18)8-6-5-7-9-15(19)21-11-13(17)4-2/h12-13H,3-11H2,1-2H3. The van der Waals surface area contributed by atoms with Gasteiger partial charge in [-0.3, -0.25) is 9.59 Å². The van der Waals surface area contributed by atoms with Gasteiger partial charge in [0.25, 0.3) is 0 Å². The number of hydrogen-bond donors (Lipinski definition) is 0. The molecule has 0 saturated carbocycles. The van der Waals surface area contributed by atoms with Crippen LogP contribution in [-0.2, 0) is 19.1 Å². The van der Waals surface area contributed by atoms with Gasteiger partial charge in [-0.15, -0.1) is 0 Å². The molecule has 0 spiro atoms. The van der Waals surface area contributed by atoms with E-state index in [1.807, 2.05) is 0 Å². The fourth-order valence-corrected chi connectivity index (χ4v) is 1.82. The summed E-state index contributed by atoms with van der Waals surface area (Å²) in [5.41, 5.74) is 0. The van der Waals surface area contributed by atoms with Gasteiger partial charge in [0.15, 0.2) is 0 Å². The van der Waals surface area contributed by atoms with E-state index in [0.29, 0.717) is 33.9 Å². The second-order valence-corrected chi connectivity index (χ2v) is 8.46. The molecule has 4 nitrogen and oxygen atoms in total. The topological polar surface area (TPSA) is 52.6 Å². The minimum atomic E-state index is -0.136. The summed E-state index contributed by atoms with van der Waals surface area (Å²) in [6.45, 7) is 5.14. The van der Waals surface area contributed by atoms with Crippen molar-refractivity contribution in [2.45, 2.75) is 66.6 Å². The summed E-state index contributed by atoms with van der Waals surface area (Å²) in [4.78, 5) is 22.9. The number of rotatable bonds is 12. The molecule has 6 heteroatoms. The zero-order valence-electron chi connectivity index (χ0n) is 12.9. The number of carbonyl (C=O) groups is 2. The molecule has 0 aromatic heterocycles. The molecule has 0 heterocycles. The van der Waals surface area contributed by atoms with Crippen molar-refractivity contribution in [3.05, 3.63) is 0 Å². The number of esters is 2. The van der Waals surface area contributed by atoms with Crippen LogP contribution >= 0.6 is 45.2 Å². The molecule has 21 heavy (non-hydrogen) atoms. The van der Waals surface area contributed by atoms with Gasteiger partial charge in [-0.2, -0.15) is 0 Å². The molecule has 124 valence electrons. The molecule has 0 bridgehead atoms. The van der Waals surface area contributed by atoms with E-state index < -0.39 is 0 Å². The van der Waals surface area contributed by atoms with Crippen molar-refractivity contribution in [2.24, 2.45) is 0 Å². The summed E-state index contributed by atoms with van der Waals surface area (Å²) in [5.74, 6) is -0.271. The molecule has 0 N–H and O–H groups in total. The number of alkyl halides is 2. The lowest BCUT2D eigenvalue weighted by molar-refractivity contribution is -0.144. The van der Waals surface area contributed by atoms with Gasteiger partial charge >= 0.3 is 11.9 Å². The van der Waals surface area contributed by atoms with Crippen molar-refractivity contribution in [3.8, 4) is 0 Å². The van der Waals surface area contributed by atoms with Crippen LogP contribution in [0.5, 0.6) is 0 Å². The molecule has 0 amide bonds. The van der Waals surface area contributed by atoms with Crippen molar-refractivity contribution < 1.29 is 19.1 Å². The first-order chi connectivity index (χ1) is 9.99. The smallest absolute Gasteiger partial charge is 0.305 e. The predicted molar refractivity (Wildman–Crippen MR) is 101 cm³/mol. The van der Waals surface area contributed by atoms with Crippen LogP contribution in [0.15, 0.2) is 0 Å². The van der Waals surface area contributed by atoms with Gasteiger partial charge in [0, 0.05) is 20.7 Å². The summed E-state index contributed by atoms with van der Waals surface area (Å²) in [7, 11) is 0. The third-order valence-corrected chi connectivity index (χ3v) is 5.48. The van der Waals surface area contributed by atoms with Crippen LogP contribution in [-0.4, -0.2) is 33.0 Å². The number of unbranched alkanes of at least 4 members (excludes halogenated alkanes) is 2. The maximum absolute atomic E-state index is 11.5. The van der Waals surface area contributed by atoms with Crippen LogP contribution in [0.3, 0.4) is 0 Å². The van der Waals surface area contributed by atoms with Crippen molar-refractivity contribution in [3.63, 3.8) is 0 Å². The van der Waals surface area contributed by atoms with Gasteiger partial charge in [-0.05, 0) is 25.7 Å². The summed E-state index contributed by atoms with van der Waals surface area (Å²) >= 11 is 4.57.